The number of aromatic nitrogens is 2. The predicted octanol–water partition coefficient (Wildman–Crippen LogP) is 2.40. The van der Waals surface area contributed by atoms with Crippen LogP contribution in [0.4, 0.5) is 0 Å². The van der Waals surface area contributed by atoms with Gasteiger partial charge in [-0.15, -0.1) is 0 Å². The summed E-state index contributed by atoms with van der Waals surface area (Å²) in [7, 11) is 0. The van der Waals surface area contributed by atoms with E-state index in [0.29, 0.717) is 5.88 Å². The van der Waals surface area contributed by atoms with Crippen LogP contribution < -0.4 is 10.1 Å². The summed E-state index contributed by atoms with van der Waals surface area (Å²) in [5, 5.41) is 3.21. The van der Waals surface area contributed by atoms with Crippen LogP contribution in [0, 0.1) is 5.92 Å². The van der Waals surface area contributed by atoms with Crippen molar-refractivity contribution >= 4 is 0 Å². The topological polar surface area (TPSA) is 47.0 Å². The van der Waals surface area contributed by atoms with E-state index in [9.17, 15) is 0 Å². The number of hydrogen-bond acceptors (Lipinski definition) is 4. The fourth-order valence-corrected chi connectivity index (χ4v) is 1.43. The normalized spacial score (nSPS) is 10.8. The lowest BCUT2D eigenvalue weighted by Crippen LogP contribution is -2.13. The fourth-order valence-electron chi connectivity index (χ4n) is 1.43. The zero-order chi connectivity index (χ0) is 12.5. The van der Waals surface area contributed by atoms with Crippen LogP contribution in [0.15, 0.2) is 12.4 Å². The van der Waals surface area contributed by atoms with Gasteiger partial charge in [-0.25, -0.2) is 4.98 Å². The summed E-state index contributed by atoms with van der Waals surface area (Å²) in [5.74, 6) is 1.35. The van der Waals surface area contributed by atoms with E-state index in [4.69, 9.17) is 4.74 Å². The molecular weight excluding hydrogens is 214 g/mol. The molecule has 0 atom stereocenters. The Bertz CT molecular complexity index is 298. The van der Waals surface area contributed by atoms with Crippen molar-refractivity contribution in [1.82, 2.24) is 15.3 Å². The van der Waals surface area contributed by atoms with Crippen LogP contribution >= 0.6 is 0 Å². The highest BCUT2D eigenvalue weighted by Crippen LogP contribution is 2.07. The summed E-state index contributed by atoms with van der Waals surface area (Å²) in [4.78, 5) is 8.50. The summed E-state index contributed by atoms with van der Waals surface area (Å²) in [6, 6.07) is 0. The van der Waals surface area contributed by atoms with Gasteiger partial charge in [-0.2, -0.15) is 0 Å². The summed E-state index contributed by atoms with van der Waals surface area (Å²) >= 11 is 0. The van der Waals surface area contributed by atoms with E-state index < -0.39 is 0 Å². The molecule has 1 aromatic rings. The predicted molar refractivity (Wildman–Crippen MR) is 69.0 cm³/mol. The van der Waals surface area contributed by atoms with Gasteiger partial charge in [0.05, 0.1) is 24.7 Å². The minimum absolute atomic E-state index is 0.619. The molecule has 17 heavy (non-hydrogen) atoms. The molecule has 0 amide bonds. The summed E-state index contributed by atoms with van der Waals surface area (Å²) in [6.07, 6.45) is 5.72. The molecule has 0 aliphatic rings. The van der Waals surface area contributed by atoms with Gasteiger partial charge in [0.2, 0.25) is 5.88 Å². The van der Waals surface area contributed by atoms with E-state index in [0.717, 1.165) is 37.7 Å². The van der Waals surface area contributed by atoms with Crippen molar-refractivity contribution in [3.63, 3.8) is 0 Å². The molecule has 1 rings (SSSR count). The molecule has 1 aromatic heterocycles. The summed E-state index contributed by atoms with van der Waals surface area (Å²) in [5.41, 5.74) is 0.946. The van der Waals surface area contributed by atoms with Crippen molar-refractivity contribution in [3.8, 4) is 5.88 Å². The van der Waals surface area contributed by atoms with Gasteiger partial charge in [-0.1, -0.05) is 20.8 Å². The Morgan fingerprint density at radius 1 is 1.29 bits per heavy atom. The largest absolute Gasteiger partial charge is 0.477 e. The van der Waals surface area contributed by atoms with Crippen molar-refractivity contribution in [1.29, 1.82) is 0 Å². The molecule has 4 heteroatoms. The van der Waals surface area contributed by atoms with Gasteiger partial charge < -0.3 is 10.1 Å². The van der Waals surface area contributed by atoms with Gasteiger partial charge >= 0.3 is 0 Å². The average molecular weight is 237 g/mol. The molecule has 0 aliphatic carbocycles. The molecule has 1 N–H and O–H groups in total. The third kappa shape index (κ3) is 6.22. The Hall–Kier alpha value is -1.16. The quantitative estimate of drug-likeness (QED) is 0.705. The number of hydrogen-bond donors (Lipinski definition) is 1. The van der Waals surface area contributed by atoms with Crippen molar-refractivity contribution in [2.45, 2.75) is 40.2 Å². The third-order valence-electron chi connectivity index (χ3n) is 2.41. The Morgan fingerprint density at radius 3 is 2.71 bits per heavy atom. The van der Waals surface area contributed by atoms with Crippen LogP contribution in [0.5, 0.6) is 5.88 Å². The van der Waals surface area contributed by atoms with Crippen molar-refractivity contribution in [2.75, 3.05) is 13.2 Å². The van der Waals surface area contributed by atoms with E-state index in [1.54, 1.807) is 12.4 Å². The Morgan fingerprint density at radius 2 is 2.12 bits per heavy atom. The van der Waals surface area contributed by atoms with Crippen LogP contribution in [-0.4, -0.2) is 23.1 Å². The first-order chi connectivity index (χ1) is 8.22. The maximum absolute atomic E-state index is 5.52. The van der Waals surface area contributed by atoms with E-state index in [-0.39, 0.29) is 0 Å². The molecule has 4 nitrogen and oxygen atoms in total. The number of rotatable bonds is 8. The van der Waals surface area contributed by atoms with E-state index in [1.165, 1.54) is 6.42 Å². The van der Waals surface area contributed by atoms with E-state index in [2.05, 4.69) is 36.1 Å². The van der Waals surface area contributed by atoms with E-state index >= 15 is 0 Å². The second-order valence-corrected chi connectivity index (χ2v) is 4.51. The minimum atomic E-state index is 0.619. The molecule has 0 bridgehead atoms. The zero-order valence-electron chi connectivity index (χ0n) is 11.1. The molecule has 1 heterocycles. The standard InChI is InChI=1S/C13H23N3O/c1-4-14-8-12-9-16-13(10-15-12)17-7-5-6-11(2)3/h9-11,14H,4-8H2,1-3H3. The SMILES string of the molecule is CCNCc1cnc(OCCCC(C)C)cn1. The van der Waals surface area contributed by atoms with Gasteiger partial charge in [-0.3, -0.25) is 4.98 Å². The molecule has 96 valence electrons. The fraction of sp³-hybridized carbons (Fsp3) is 0.692. The molecule has 0 spiro atoms. The van der Waals surface area contributed by atoms with Gasteiger partial charge in [-0.05, 0) is 25.3 Å². The van der Waals surface area contributed by atoms with Crippen LogP contribution in [0.25, 0.3) is 0 Å². The first kappa shape index (κ1) is 13.9. The molecule has 0 fully saturated rings. The van der Waals surface area contributed by atoms with Crippen molar-refractivity contribution in [3.05, 3.63) is 18.1 Å². The minimum Gasteiger partial charge on any atom is -0.477 e. The van der Waals surface area contributed by atoms with Gasteiger partial charge in [0.1, 0.15) is 0 Å². The molecule has 0 saturated carbocycles. The lowest BCUT2D eigenvalue weighted by molar-refractivity contribution is 0.285. The summed E-state index contributed by atoms with van der Waals surface area (Å²) in [6.45, 7) is 8.93. The maximum atomic E-state index is 5.52. The lowest BCUT2D eigenvalue weighted by atomic mass is 10.1. The highest BCUT2D eigenvalue weighted by Gasteiger charge is 1.99. The average Bonchev–Trinajstić information content (AvgIpc) is 2.33. The lowest BCUT2D eigenvalue weighted by Gasteiger charge is -2.07. The van der Waals surface area contributed by atoms with Crippen LogP contribution in [-0.2, 0) is 6.54 Å². The van der Waals surface area contributed by atoms with Crippen LogP contribution in [0.3, 0.4) is 0 Å². The first-order valence-corrected chi connectivity index (χ1v) is 6.36. The van der Waals surface area contributed by atoms with Crippen molar-refractivity contribution in [2.24, 2.45) is 5.92 Å². The number of nitrogens with one attached hydrogen (secondary N) is 1. The van der Waals surface area contributed by atoms with Gasteiger partial charge in [0.15, 0.2) is 0 Å². The smallest absolute Gasteiger partial charge is 0.232 e. The highest BCUT2D eigenvalue weighted by atomic mass is 16.5. The Balaban J connectivity index is 2.25. The van der Waals surface area contributed by atoms with E-state index in [1.807, 2.05) is 0 Å². The first-order valence-electron chi connectivity index (χ1n) is 6.36. The Kier molecular flexibility index (Phi) is 6.55. The second kappa shape index (κ2) is 8.01. The van der Waals surface area contributed by atoms with Crippen molar-refractivity contribution < 1.29 is 4.74 Å². The summed E-state index contributed by atoms with van der Waals surface area (Å²) < 4.78 is 5.52. The monoisotopic (exact) mass is 237 g/mol. The molecule has 0 aliphatic heterocycles. The number of ether oxygens (including phenoxy) is 1. The van der Waals surface area contributed by atoms with Crippen LogP contribution in [0.2, 0.25) is 0 Å². The second-order valence-electron chi connectivity index (χ2n) is 4.51. The third-order valence-corrected chi connectivity index (χ3v) is 2.41. The van der Waals surface area contributed by atoms with Crippen LogP contribution in [0.1, 0.15) is 39.3 Å². The van der Waals surface area contributed by atoms with Gasteiger partial charge in [0.25, 0.3) is 0 Å². The Labute approximate surface area is 104 Å². The molecule has 0 unspecified atom stereocenters. The molecule has 0 saturated heterocycles. The zero-order valence-corrected chi connectivity index (χ0v) is 11.1. The molecule has 0 aromatic carbocycles. The molecular formula is C13H23N3O. The maximum Gasteiger partial charge on any atom is 0.232 e. The highest BCUT2D eigenvalue weighted by molar-refractivity contribution is 5.06. The molecule has 0 radical (unpaired) electrons. The number of nitrogens with zero attached hydrogens (tertiary/aromatic N) is 2. The van der Waals surface area contributed by atoms with Gasteiger partial charge in [0, 0.05) is 6.54 Å².